The predicted molar refractivity (Wildman–Crippen MR) is 112 cm³/mol. The Morgan fingerprint density at radius 3 is 2.33 bits per heavy atom. The third-order valence-electron chi connectivity index (χ3n) is 4.78. The third kappa shape index (κ3) is 3.91. The molecule has 3 amide bonds. The quantitative estimate of drug-likeness (QED) is 0.695. The summed E-state index contributed by atoms with van der Waals surface area (Å²) in [5.41, 5.74) is 1.83. The fraction of sp³-hybridized carbons (Fsp3) is 0.0870. The zero-order valence-electron chi connectivity index (χ0n) is 15.8. The van der Waals surface area contributed by atoms with Crippen molar-refractivity contribution in [3.05, 3.63) is 90.2 Å². The Balaban J connectivity index is 1.64. The zero-order chi connectivity index (χ0) is 21.1. The molecular weight excluding hydrogens is 385 g/mol. The summed E-state index contributed by atoms with van der Waals surface area (Å²) in [5.74, 6) is -1.72. The van der Waals surface area contributed by atoms with Crippen LogP contribution in [-0.4, -0.2) is 23.8 Å². The molecule has 6 nitrogen and oxygen atoms in total. The van der Waals surface area contributed by atoms with E-state index in [0.29, 0.717) is 22.6 Å². The number of nitrogens with one attached hydrogen (secondary N) is 2. The van der Waals surface area contributed by atoms with Gasteiger partial charge in [-0.1, -0.05) is 30.3 Å². The molecule has 0 fully saturated rings. The Hall–Kier alpha value is -4.00. The minimum Gasteiger partial charge on any atom is -0.326 e. The largest absolute Gasteiger partial charge is 0.326 e. The van der Waals surface area contributed by atoms with Gasteiger partial charge in [0.15, 0.2) is 0 Å². The summed E-state index contributed by atoms with van der Waals surface area (Å²) in [4.78, 5) is 40.0. The van der Waals surface area contributed by atoms with Gasteiger partial charge in [-0.05, 0) is 48.5 Å². The fourth-order valence-corrected chi connectivity index (χ4v) is 3.37. The van der Waals surface area contributed by atoms with Crippen LogP contribution in [0.5, 0.6) is 0 Å². The second-order valence-electron chi connectivity index (χ2n) is 6.82. The van der Waals surface area contributed by atoms with Crippen LogP contribution in [-0.2, 0) is 9.59 Å². The first-order valence-electron chi connectivity index (χ1n) is 9.37. The molecule has 0 aromatic heterocycles. The Labute approximate surface area is 172 Å². The first kappa shape index (κ1) is 19.3. The van der Waals surface area contributed by atoms with E-state index in [1.54, 1.807) is 54.6 Å². The number of rotatable bonds is 4. The average Bonchev–Trinajstić information content (AvgIpc) is 2.76. The number of benzene rings is 3. The molecule has 0 radical (unpaired) electrons. The van der Waals surface area contributed by atoms with Crippen LogP contribution in [0.2, 0.25) is 0 Å². The Kier molecular flexibility index (Phi) is 5.26. The molecule has 0 bridgehead atoms. The summed E-state index contributed by atoms with van der Waals surface area (Å²) < 4.78 is 13.1. The Bertz CT molecular complexity index is 1100. The molecule has 7 heteroatoms. The normalized spacial score (nSPS) is 15.2. The van der Waals surface area contributed by atoms with Gasteiger partial charge in [-0.25, -0.2) is 4.39 Å². The molecule has 1 aliphatic heterocycles. The van der Waals surface area contributed by atoms with Crippen LogP contribution in [0.4, 0.5) is 21.5 Å². The van der Waals surface area contributed by atoms with E-state index >= 15 is 0 Å². The number of hydrogen-bond acceptors (Lipinski definition) is 3. The van der Waals surface area contributed by atoms with Gasteiger partial charge in [0.05, 0.1) is 17.8 Å². The maximum Gasteiger partial charge on any atom is 0.259 e. The molecule has 0 saturated heterocycles. The number of hydrogen-bond donors (Lipinski definition) is 2. The molecule has 2 N–H and O–H groups in total. The minimum absolute atomic E-state index is 0.254. The lowest BCUT2D eigenvalue weighted by atomic mass is 10.0. The van der Waals surface area contributed by atoms with E-state index in [-0.39, 0.29) is 12.3 Å². The summed E-state index contributed by atoms with van der Waals surface area (Å²) in [5, 5.41) is 5.40. The van der Waals surface area contributed by atoms with Gasteiger partial charge >= 0.3 is 0 Å². The molecule has 0 aliphatic carbocycles. The topological polar surface area (TPSA) is 78.5 Å². The molecular formula is C23H18FN3O3. The van der Waals surface area contributed by atoms with Crippen molar-refractivity contribution in [1.82, 2.24) is 0 Å². The second kappa shape index (κ2) is 8.16. The molecule has 1 atom stereocenters. The standard InChI is InChI=1S/C23H18FN3O3/c24-16-10-12-17(13-11-16)25-21(28)14-20-22(29)26-18-8-4-5-9-19(18)27(20)23(30)15-6-2-1-3-7-15/h1-13,20H,14H2,(H,25,28)(H,26,29)/t20-/m1/s1. The third-order valence-corrected chi connectivity index (χ3v) is 4.78. The van der Waals surface area contributed by atoms with E-state index in [2.05, 4.69) is 10.6 Å². The van der Waals surface area contributed by atoms with Gasteiger partial charge in [0, 0.05) is 11.3 Å². The molecule has 30 heavy (non-hydrogen) atoms. The molecule has 3 aromatic rings. The van der Waals surface area contributed by atoms with E-state index in [0.717, 1.165) is 0 Å². The monoisotopic (exact) mass is 403 g/mol. The number of carbonyl (C=O) groups excluding carboxylic acids is 3. The number of amides is 3. The SMILES string of the molecule is O=C(C[C@@H]1C(=O)Nc2ccccc2N1C(=O)c1ccccc1)Nc1ccc(F)cc1. The van der Waals surface area contributed by atoms with E-state index in [1.165, 1.54) is 29.2 Å². The lowest BCUT2D eigenvalue weighted by Gasteiger charge is -2.36. The number of carbonyl (C=O) groups is 3. The molecule has 150 valence electrons. The lowest BCUT2D eigenvalue weighted by molar-refractivity contribution is -0.122. The van der Waals surface area contributed by atoms with Crippen LogP contribution >= 0.6 is 0 Å². The Morgan fingerprint density at radius 2 is 1.60 bits per heavy atom. The van der Waals surface area contributed by atoms with Gasteiger partial charge in [0.1, 0.15) is 11.9 Å². The van der Waals surface area contributed by atoms with Crippen LogP contribution in [0.15, 0.2) is 78.9 Å². The van der Waals surface area contributed by atoms with Crippen molar-refractivity contribution in [3.63, 3.8) is 0 Å². The molecule has 3 aromatic carbocycles. The summed E-state index contributed by atoms with van der Waals surface area (Å²) in [6.07, 6.45) is -0.254. The van der Waals surface area contributed by atoms with Crippen molar-refractivity contribution < 1.29 is 18.8 Å². The first-order valence-corrected chi connectivity index (χ1v) is 9.37. The highest BCUT2D eigenvalue weighted by molar-refractivity contribution is 6.17. The predicted octanol–water partition coefficient (Wildman–Crippen LogP) is 3.82. The van der Waals surface area contributed by atoms with Crippen LogP contribution in [0.1, 0.15) is 16.8 Å². The van der Waals surface area contributed by atoms with Crippen molar-refractivity contribution in [3.8, 4) is 0 Å². The summed E-state index contributed by atoms with van der Waals surface area (Å²) in [7, 11) is 0. The second-order valence-corrected chi connectivity index (χ2v) is 6.82. The van der Waals surface area contributed by atoms with E-state index in [9.17, 15) is 18.8 Å². The van der Waals surface area contributed by atoms with Crippen molar-refractivity contribution in [2.75, 3.05) is 15.5 Å². The number of halogens is 1. The van der Waals surface area contributed by atoms with Crippen LogP contribution < -0.4 is 15.5 Å². The van der Waals surface area contributed by atoms with E-state index in [4.69, 9.17) is 0 Å². The lowest BCUT2D eigenvalue weighted by Crippen LogP contribution is -2.52. The van der Waals surface area contributed by atoms with Crippen molar-refractivity contribution in [2.24, 2.45) is 0 Å². The summed E-state index contributed by atoms with van der Waals surface area (Å²) >= 11 is 0. The highest BCUT2D eigenvalue weighted by Gasteiger charge is 2.38. The van der Waals surface area contributed by atoms with E-state index in [1.807, 2.05) is 0 Å². The van der Waals surface area contributed by atoms with Crippen LogP contribution in [0.3, 0.4) is 0 Å². The first-order chi connectivity index (χ1) is 14.5. The van der Waals surface area contributed by atoms with Gasteiger partial charge in [-0.15, -0.1) is 0 Å². The number of nitrogens with zero attached hydrogens (tertiary/aromatic N) is 1. The summed E-state index contributed by atoms with van der Waals surface area (Å²) in [6.45, 7) is 0. The smallest absolute Gasteiger partial charge is 0.259 e. The van der Waals surface area contributed by atoms with Crippen LogP contribution in [0.25, 0.3) is 0 Å². The van der Waals surface area contributed by atoms with Gasteiger partial charge in [0.25, 0.3) is 5.91 Å². The number of anilines is 3. The Morgan fingerprint density at radius 1 is 0.933 bits per heavy atom. The highest BCUT2D eigenvalue weighted by Crippen LogP contribution is 2.34. The van der Waals surface area contributed by atoms with Gasteiger partial charge in [-0.3, -0.25) is 19.3 Å². The fourth-order valence-electron chi connectivity index (χ4n) is 3.37. The van der Waals surface area contributed by atoms with Crippen molar-refractivity contribution in [2.45, 2.75) is 12.5 Å². The van der Waals surface area contributed by atoms with Crippen LogP contribution in [0, 0.1) is 5.82 Å². The van der Waals surface area contributed by atoms with Gasteiger partial charge in [-0.2, -0.15) is 0 Å². The number of para-hydroxylation sites is 2. The van der Waals surface area contributed by atoms with E-state index < -0.39 is 23.7 Å². The van der Waals surface area contributed by atoms with Crippen molar-refractivity contribution >= 4 is 34.8 Å². The zero-order valence-corrected chi connectivity index (χ0v) is 15.8. The molecule has 0 spiro atoms. The minimum atomic E-state index is -1.03. The molecule has 0 saturated carbocycles. The molecule has 0 unspecified atom stereocenters. The van der Waals surface area contributed by atoms with Gasteiger partial charge in [0.2, 0.25) is 11.8 Å². The maximum absolute atomic E-state index is 13.3. The molecule has 1 heterocycles. The maximum atomic E-state index is 13.3. The number of fused-ring (bicyclic) bond motifs is 1. The average molecular weight is 403 g/mol. The van der Waals surface area contributed by atoms with Crippen molar-refractivity contribution in [1.29, 1.82) is 0 Å². The summed E-state index contributed by atoms with van der Waals surface area (Å²) in [6, 6.07) is 19.8. The molecule has 1 aliphatic rings. The molecule has 4 rings (SSSR count). The highest BCUT2D eigenvalue weighted by atomic mass is 19.1. The van der Waals surface area contributed by atoms with Gasteiger partial charge < -0.3 is 10.6 Å².